The number of hydrogen-bond donors (Lipinski definition) is 0. The lowest BCUT2D eigenvalue weighted by Crippen LogP contribution is -1.95. The third kappa shape index (κ3) is 3.54. The fraction of sp³-hybridized carbons (Fsp3) is 0.0233. The van der Waals surface area contributed by atoms with E-state index in [9.17, 15) is 0 Å². The lowest BCUT2D eigenvalue weighted by molar-refractivity contribution is 0.669. The van der Waals surface area contributed by atoms with E-state index in [4.69, 9.17) is 14.0 Å². The Morgan fingerprint density at radius 3 is 1.98 bits per heavy atom. The molecule has 0 spiro atoms. The molecule has 0 amide bonds. The van der Waals surface area contributed by atoms with E-state index in [0.29, 0.717) is 16.8 Å². The van der Waals surface area contributed by atoms with Crippen LogP contribution in [0.5, 0.6) is 0 Å². The summed E-state index contributed by atoms with van der Waals surface area (Å²) in [6, 6.07) is 34.9. The summed E-state index contributed by atoms with van der Waals surface area (Å²) < 4.78 is 70.9. The van der Waals surface area contributed by atoms with Gasteiger partial charge in [0.2, 0.25) is 0 Å². The summed E-state index contributed by atoms with van der Waals surface area (Å²) in [5.41, 5.74) is 8.23. The lowest BCUT2D eigenvalue weighted by atomic mass is 10.0. The van der Waals surface area contributed by atoms with Crippen molar-refractivity contribution < 1.29 is 14.0 Å². The highest BCUT2D eigenvalue weighted by Gasteiger charge is 2.16. The number of benzene rings is 7. The van der Waals surface area contributed by atoms with Crippen molar-refractivity contribution in [2.24, 2.45) is 0 Å². The van der Waals surface area contributed by atoms with Crippen molar-refractivity contribution in [2.45, 2.75) is 6.92 Å². The average Bonchev–Trinajstić information content (AvgIpc) is 3.85. The Morgan fingerprint density at radius 1 is 0.478 bits per heavy atom. The SMILES string of the molecule is [2H]c1c([2H])c([2H])c2c(c1[2H])c1c([2H])c([2H])c([2H])c(C)c1n2-c1cccc(-c2ccc3oc4ccc(-n5c6ccccc6c6ccccc65)cc4c3c2)c1. The van der Waals surface area contributed by atoms with E-state index in [-0.39, 0.29) is 52.5 Å². The molecule has 0 atom stereocenters. The van der Waals surface area contributed by atoms with Crippen LogP contribution >= 0.6 is 0 Å². The summed E-state index contributed by atoms with van der Waals surface area (Å²) in [5.74, 6) is 0. The molecule has 0 saturated heterocycles. The minimum Gasteiger partial charge on any atom is -0.456 e. The Hall–Kier alpha value is -6.06. The molecular weight excluding hydrogens is 560 g/mol. The molecule has 0 aliphatic rings. The molecule has 3 nitrogen and oxygen atoms in total. The molecule has 0 aliphatic carbocycles. The van der Waals surface area contributed by atoms with Crippen LogP contribution < -0.4 is 0 Å². The van der Waals surface area contributed by atoms with Gasteiger partial charge >= 0.3 is 0 Å². The molecule has 10 aromatic rings. The van der Waals surface area contributed by atoms with Gasteiger partial charge in [-0.3, -0.25) is 0 Å². The molecule has 216 valence electrons. The number of para-hydroxylation sites is 4. The molecule has 3 heterocycles. The topological polar surface area (TPSA) is 23.0 Å². The van der Waals surface area contributed by atoms with Gasteiger partial charge in [0.1, 0.15) is 11.2 Å². The van der Waals surface area contributed by atoms with Gasteiger partial charge in [-0.05, 0) is 84.3 Å². The van der Waals surface area contributed by atoms with E-state index in [1.165, 1.54) is 10.8 Å². The average molecular weight is 596 g/mol. The van der Waals surface area contributed by atoms with Crippen molar-refractivity contribution in [3.63, 3.8) is 0 Å². The Labute approximate surface area is 275 Å². The molecule has 46 heavy (non-hydrogen) atoms. The van der Waals surface area contributed by atoms with Crippen molar-refractivity contribution in [1.29, 1.82) is 0 Å². The maximum Gasteiger partial charge on any atom is 0.135 e. The number of nitrogens with zero attached hydrogens (tertiary/aromatic N) is 2. The van der Waals surface area contributed by atoms with Gasteiger partial charge in [0.05, 0.1) is 31.7 Å². The molecule has 0 radical (unpaired) electrons. The number of furan rings is 1. The molecular formula is C43H28N2O. The largest absolute Gasteiger partial charge is 0.456 e. The maximum absolute atomic E-state index is 8.94. The van der Waals surface area contributed by atoms with Gasteiger partial charge in [0.25, 0.3) is 0 Å². The van der Waals surface area contributed by atoms with Crippen LogP contribution in [-0.2, 0) is 0 Å². The Kier molecular flexibility index (Phi) is 3.98. The number of aromatic nitrogens is 2. The first kappa shape index (κ1) is 19.4. The van der Waals surface area contributed by atoms with Gasteiger partial charge in [0, 0.05) is 43.7 Å². The lowest BCUT2D eigenvalue weighted by Gasteiger charge is -2.12. The zero-order valence-corrected chi connectivity index (χ0v) is 24.7. The summed E-state index contributed by atoms with van der Waals surface area (Å²) in [6.45, 7) is 1.70. The molecule has 0 unspecified atom stereocenters. The monoisotopic (exact) mass is 595 g/mol. The van der Waals surface area contributed by atoms with Crippen LogP contribution in [0.2, 0.25) is 0 Å². The van der Waals surface area contributed by atoms with Crippen molar-refractivity contribution >= 4 is 65.6 Å². The fourth-order valence-electron chi connectivity index (χ4n) is 7.09. The zero-order chi connectivity index (χ0) is 36.4. The molecule has 0 saturated carbocycles. The summed E-state index contributed by atoms with van der Waals surface area (Å²) >= 11 is 0. The maximum atomic E-state index is 8.94. The van der Waals surface area contributed by atoms with Crippen molar-refractivity contribution in [3.8, 4) is 22.5 Å². The van der Waals surface area contributed by atoms with Crippen LogP contribution in [0.3, 0.4) is 0 Å². The number of aryl methyl sites for hydroxylation is 1. The second kappa shape index (κ2) is 9.47. The molecule has 7 aromatic carbocycles. The summed E-state index contributed by atoms with van der Waals surface area (Å²) in [4.78, 5) is 0. The van der Waals surface area contributed by atoms with Crippen LogP contribution in [0.1, 0.15) is 15.2 Å². The van der Waals surface area contributed by atoms with Gasteiger partial charge in [0.15, 0.2) is 0 Å². The van der Waals surface area contributed by atoms with E-state index in [0.717, 1.165) is 49.8 Å². The van der Waals surface area contributed by atoms with Crippen molar-refractivity contribution in [3.05, 3.63) is 157 Å². The predicted octanol–water partition coefficient (Wildman–Crippen LogP) is 11.8. The summed E-state index contributed by atoms with van der Waals surface area (Å²) in [5, 5.41) is 4.71. The number of hydrogen-bond acceptors (Lipinski definition) is 1. The number of rotatable bonds is 3. The van der Waals surface area contributed by atoms with Gasteiger partial charge < -0.3 is 13.6 Å². The fourth-order valence-corrected chi connectivity index (χ4v) is 7.09. The van der Waals surface area contributed by atoms with Gasteiger partial charge in [-0.2, -0.15) is 0 Å². The molecule has 0 bridgehead atoms. The van der Waals surface area contributed by atoms with Crippen molar-refractivity contribution in [1.82, 2.24) is 9.13 Å². The third-order valence-corrected chi connectivity index (χ3v) is 9.12. The van der Waals surface area contributed by atoms with Crippen LogP contribution in [-0.4, -0.2) is 9.13 Å². The summed E-state index contributed by atoms with van der Waals surface area (Å²) in [7, 11) is 0. The first-order chi connectivity index (χ1) is 25.6. The van der Waals surface area contributed by atoms with E-state index in [1.54, 1.807) is 11.5 Å². The highest BCUT2D eigenvalue weighted by Crippen LogP contribution is 2.38. The van der Waals surface area contributed by atoms with Gasteiger partial charge in [-0.1, -0.05) is 90.9 Å². The van der Waals surface area contributed by atoms with E-state index >= 15 is 0 Å². The van der Waals surface area contributed by atoms with Gasteiger partial charge in [-0.25, -0.2) is 0 Å². The molecule has 3 heteroatoms. The van der Waals surface area contributed by atoms with E-state index in [2.05, 4.69) is 71.3 Å². The van der Waals surface area contributed by atoms with Crippen LogP contribution in [0.25, 0.3) is 88.1 Å². The number of fused-ring (bicyclic) bond motifs is 9. The normalized spacial score (nSPS) is 14.2. The molecule has 0 fully saturated rings. The smallest absolute Gasteiger partial charge is 0.135 e. The standard InChI is InChI=1S/C43H28N2O/c1-27-10-8-16-35-34-15-4-7-19-40(34)45(43(27)35)30-12-9-11-28(24-30)29-20-22-41-36(25-29)37-26-31(21-23-42(37)46-41)44-38-17-5-2-13-32(38)33-14-3-6-18-39(33)44/h2-26H,1H3/i4D,7D,8D,10D,15D,16D,19D. The highest BCUT2D eigenvalue weighted by atomic mass is 16.3. The third-order valence-electron chi connectivity index (χ3n) is 9.12. The molecule has 0 N–H and O–H groups in total. The molecule has 0 aliphatic heterocycles. The minimum atomic E-state index is -0.407. The first-order valence-electron chi connectivity index (χ1n) is 18.7. The second-order valence-corrected chi connectivity index (χ2v) is 11.7. The Bertz CT molecular complexity index is 3100. The van der Waals surface area contributed by atoms with Crippen LogP contribution in [0.15, 0.2) is 156 Å². The van der Waals surface area contributed by atoms with Crippen LogP contribution in [0, 0.1) is 6.92 Å². The minimum absolute atomic E-state index is 0.115. The molecule has 10 rings (SSSR count). The Morgan fingerprint density at radius 2 is 1.15 bits per heavy atom. The van der Waals surface area contributed by atoms with Gasteiger partial charge in [-0.15, -0.1) is 0 Å². The molecule has 3 aromatic heterocycles. The highest BCUT2D eigenvalue weighted by molar-refractivity contribution is 6.12. The van der Waals surface area contributed by atoms with E-state index < -0.39 is 6.04 Å². The first-order valence-corrected chi connectivity index (χ1v) is 15.2. The summed E-state index contributed by atoms with van der Waals surface area (Å²) in [6.07, 6.45) is 0. The Balaban J connectivity index is 1.19. The van der Waals surface area contributed by atoms with E-state index in [1.807, 2.05) is 42.5 Å². The zero-order valence-electron chi connectivity index (χ0n) is 31.7. The predicted molar refractivity (Wildman–Crippen MR) is 193 cm³/mol. The van der Waals surface area contributed by atoms with Crippen molar-refractivity contribution in [2.75, 3.05) is 0 Å². The second-order valence-electron chi connectivity index (χ2n) is 11.7. The quantitative estimate of drug-likeness (QED) is 0.199. The van der Waals surface area contributed by atoms with Crippen LogP contribution in [0.4, 0.5) is 0 Å².